The zero-order valence-corrected chi connectivity index (χ0v) is 14.2. The van der Waals surface area contributed by atoms with Crippen LogP contribution in [0.4, 0.5) is 0 Å². The monoisotopic (exact) mass is 343 g/mol. The number of carbonyl (C=O) groups excluding carboxylic acids is 3. The molecule has 0 unspecified atom stereocenters. The minimum Gasteiger partial charge on any atom is -0.427 e. The van der Waals surface area contributed by atoms with E-state index in [2.05, 4.69) is 5.32 Å². The van der Waals surface area contributed by atoms with Gasteiger partial charge in [-0.05, 0) is 37.0 Å². The number of hydrogen-bond donors (Lipinski definition) is 1. The minimum atomic E-state index is -0.435. The number of nitrogens with one attached hydrogen (secondary N) is 1. The Kier molecular flexibility index (Phi) is 6.52. The molecular weight excluding hydrogens is 322 g/mol. The Balaban J connectivity index is 1.80. The number of rotatable bonds is 5. The third kappa shape index (κ3) is 5.60. The molecule has 0 spiro atoms. The maximum absolute atomic E-state index is 12.2. The summed E-state index contributed by atoms with van der Waals surface area (Å²) in [5.41, 5.74) is 0.431. The molecule has 0 bridgehead atoms. The Hall–Kier alpha value is -2.88. The van der Waals surface area contributed by atoms with Gasteiger partial charge in [0, 0.05) is 32.1 Å². The summed E-state index contributed by atoms with van der Waals surface area (Å²) in [6, 6.07) is 8.33. The van der Waals surface area contributed by atoms with Gasteiger partial charge in [0.25, 0.3) is 5.91 Å². The molecule has 0 atom stereocenters. The fraction of sp³-hybridized carbons (Fsp3) is 0.444. The fourth-order valence-electron chi connectivity index (χ4n) is 2.77. The van der Waals surface area contributed by atoms with E-state index >= 15 is 0 Å². The van der Waals surface area contributed by atoms with E-state index in [1.54, 1.807) is 23.1 Å². The summed E-state index contributed by atoms with van der Waals surface area (Å²) < 4.78 is 4.97. The summed E-state index contributed by atoms with van der Waals surface area (Å²) in [6.07, 6.45) is 1.51. The Morgan fingerprint density at radius 1 is 1.32 bits per heavy atom. The lowest BCUT2D eigenvalue weighted by Gasteiger charge is -2.31. The van der Waals surface area contributed by atoms with E-state index in [-0.39, 0.29) is 18.2 Å². The minimum absolute atomic E-state index is 0.0833. The van der Waals surface area contributed by atoms with E-state index in [0.29, 0.717) is 36.9 Å². The van der Waals surface area contributed by atoms with Crippen LogP contribution < -0.4 is 10.1 Å². The van der Waals surface area contributed by atoms with Crippen LogP contribution in [0.3, 0.4) is 0 Å². The Morgan fingerprint density at radius 3 is 2.68 bits per heavy atom. The molecule has 2 rings (SSSR count). The molecule has 1 aromatic rings. The average molecular weight is 343 g/mol. The summed E-state index contributed by atoms with van der Waals surface area (Å²) in [6.45, 7) is 3.06. The van der Waals surface area contributed by atoms with Crippen LogP contribution in [0.2, 0.25) is 0 Å². The third-order valence-electron chi connectivity index (χ3n) is 4.11. The highest BCUT2D eigenvalue weighted by molar-refractivity contribution is 5.94. The first kappa shape index (κ1) is 18.5. The Morgan fingerprint density at radius 2 is 2.04 bits per heavy atom. The van der Waals surface area contributed by atoms with Crippen LogP contribution in [-0.4, -0.2) is 42.3 Å². The van der Waals surface area contributed by atoms with E-state index in [1.165, 1.54) is 13.0 Å². The molecular formula is C18H21N3O4. The normalized spacial score (nSPS) is 14.5. The Bertz CT molecular complexity index is 688. The molecule has 0 aromatic heterocycles. The summed E-state index contributed by atoms with van der Waals surface area (Å²) in [7, 11) is 0. The first-order chi connectivity index (χ1) is 12.0. The smallest absolute Gasteiger partial charge is 0.308 e. The van der Waals surface area contributed by atoms with Gasteiger partial charge in [-0.2, -0.15) is 5.26 Å². The van der Waals surface area contributed by atoms with Gasteiger partial charge in [-0.1, -0.05) is 6.07 Å². The molecule has 25 heavy (non-hydrogen) atoms. The number of esters is 1. The number of piperidine rings is 1. The predicted octanol–water partition coefficient (Wildman–Crippen LogP) is 1.49. The largest absolute Gasteiger partial charge is 0.427 e. The molecule has 1 aromatic carbocycles. The van der Waals surface area contributed by atoms with Gasteiger partial charge in [0.15, 0.2) is 0 Å². The second-order valence-electron chi connectivity index (χ2n) is 5.99. The van der Waals surface area contributed by atoms with Gasteiger partial charge >= 0.3 is 5.97 Å². The van der Waals surface area contributed by atoms with E-state index in [4.69, 9.17) is 10.00 Å². The number of hydrogen-bond acceptors (Lipinski definition) is 5. The summed E-state index contributed by atoms with van der Waals surface area (Å²) >= 11 is 0. The molecule has 1 N–H and O–H groups in total. The van der Waals surface area contributed by atoms with Crippen LogP contribution in [0, 0.1) is 17.2 Å². The van der Waals surface area contributed by atoms with Crippen molar-refractivity contribution >= 4 is 17.8 Å². The molecule has 0 saturated carbocycles. The second kappa shape index (κ2) is 8.83. The van der Waals surface area contributed by atoms with Crippen LogP contribution in [0.5, 0.6) is 5.75 Å². The predicted molar refractivity (Wildman–Crippen MR) is 89.6 cm³/mol. The number of nitrogens with zero attached hydrogens (tertiary/aromatic N) is 2. The zero-order chi connectivity index (χ0) is 18.2. The fourth-order valence-corrected chi connectivity index (χ4v) is 2.77. The highest BCUT2D eigenvalue weighted by atomic mass is 16.5. The number of carbonyl (C=O) groups is 3. The quantitative estimate of drug-likeness (QED) is 0.645. The highest BCUT2D eigenvalue weighted by Gasteiger charge is 2.23. The van der Waals surface area contributed by atoms with Gasteiger partial charge in [-0.25, -0.2) is 0 Å². The SMILES string of the molecule is CC(=O)Oc1cccc(C(=O)NCC2CCN(C(=O)CC#N)CC2)c1. The molecule has 2 amide bonds. The number of benzene rings is 1. The molecule has 7 nitrogen and oxygen atoms in total. The van der Waals surface area contributed by atoms with Crippen LogP contribution in [0.25, 0.3) is 0 Å². The molecule has 132 valence electrons. The van der Waals surface area contributed by atoms with Crippen molar-refractivity contribution in [2.45, 2.75) is 26.2 Å². The standard InChI is InChI=1S/C18H21N3O4/c1-13(22)25-16-4-2-3-15(11-16)18(24)20-12-14-6-9-21(10-7-14)17(23)5-8-19/h2-4,11,14H,5-7,9-10,12H2,1H3,(H,20,24). The van der Waals surface area contributed by atoms with Crippen molar-refractivity contribution in [3.63, 3.8) is 0 Å². The van der Waals surface area contributed by atoms with Gasteiger partial charge in [-0.3, -0.25) is 14.4 Å². The van der Waals surface area contributed by atoms with E-state index in [9.17, 15) is 14.4 Å². The van der Waals surface area contributed by atoms with Crippen LogP contribution in [0.1, 0.15) is 36.5 Å². The Labute approximate surface area is 146 Å². The molecule has 1 fully saturated rings. The molecule has 0 radical (unpaired) electrons. The first-order valence-corrected chi connectivity index (χ1v) is 8.21. The second-order valence-corrected chi connectivity index (χ2v) is 5.99. The van der Waals surface area contributed by atoms with Crippen molar-refractivity contribution in [1.29, 1.82) is 5.26 Å². The lowest BCUT2D eigenvalue weighted by molar-refractivity contribution is -0.132. The molecule has 0 aliphatic carbocycles. The van der Waals surface area contributed by atoms with Crippen molar-refractivity contribution in [2.75, 3.05) is 19.6 Å². The van der Waals surface area contributed by atoms with Gasteiger partial charge in [-0.15, -0.1) is 0 Å². The zero-order valence-electron chi connectivity index (χ0n) is 14.2. The summed E-state index contributed by atoms with van der Waals surface area (Å²) in [4.78, 5) is 36.6. The van der Waals surface area contributed by atoms with Crippen LogP contribution in [0.15, 0.2) is 24.3 Å². The van der Waals surface area contributed by atoms with Crippen LogP contribution in [-0.2, 0) is 9.59 Å². The summed E-state index contributed by atoms with van der Waals surface area (Å²) in [5.74, 6) is -0.157. The van der Waals surface area contributed by atoms with Crippen molar-refractivity contribution < 1.29 is 19.1 Å². The summed E-state index contributed by atoms with van der Waals surface area (Å²) in [5, 5.41) is 11.5. The van der Waals surface area contributed by atoms with Crippen molar-refractivity contribution in [1.82, 2.24) is 10.2 Å². The number of ether oxygens (including phenoxy) is 1. The van der Waals surface area contributed by atoms with Crippen LogP contribution >= 0.6 is 0 Å². The van der Waals surface area contributed by atoms with Crippen molar-refractivity contribution in [3.8, 4) is 11.8 Å². The number of nitriles is 1. The van der Waals surface area contributed by atoms with Gasteiger partial charge in [0.2, 0.25) is 5.91 Å². The third-order valence-corrected chi connectivity index (χ3v) is 4.11. The topological polar surface area (TPSA) is 99.5 Å². The van der Waals surface area contributed by atoms with Gasteiger partial charge in [0.05, 0.1) is 6.07 Å². The molecule has 1 aliphatic heterocycles. The van der Waals surface area contributed by atoms with Gasteiger partial charge in [0.1, 0.15) is 12.2 Å². The molecule has 7 heteroatoms. The maximum atomic E-state index is 12.2. The highest BCUT2D eigenvalue weighted by Crippen LogP contribution is 2.18. The van der Waals surface area contributed by atoms with E-state index in [1.807, 2.05) is 6.07 Å². The molecule has 1 heterocycles. The van der Waals surface area contributed by atoms with Crippen molar-refractivity contribution in [3.05, 3.63) is 29.8 Å². The number of likely N-dealkylation sites (tertiary alicyclic amines) is 1. The molecule has 1 aliphatic rings. The van der Waals surface area contributed by atoms with E-state index < -0.39 is 5.97 Å². The molecule has 1 saturated heterocycles. The van der Waals surface area contributed by atoms with Crippen molar-refractivity contribution in [2.24, 2.45) is 5.92 Å². The lowest BCUT2D eigenvalue weighted by atomic mass is 9.96. The van der Waals surface area contributed by atoms with Gasteiger partial charge < -0.3 is 15.0 Å². The van der Waals surface area contributed by atoms with E-state index in [0.717, 1.165) is 12.8 Å². The average Bonchev–Trinajstić information content (AvgIpc) is 2.60. The lowest BCUT2D eigenvalue weighted by Crippen LogP contribution is -2.41. The maximum Gasteiger partial charge on any atom is 0.308 e. The number of amides is 2. The first-order valence-electron chi connectivity index (χ1n) is 8.21.